The zero-order valence-corrected chi connectivity index (χ0v) is 19.0. The highest BCUT2D eigenvalue weighted by Crippen LogP contribution is 2.35. The fourth-order valence-electron chi connectivity index (χ4n) is 3.44. The fourth-order valence-corrected chi connectivity index (χ4v) is 3.70. The second kappa shape index (κ2) is 9.30. The van der Waals surface area contributed by atoms with Crippen LogP contribution in [-0.4, -0.2) is 35.1 Å². The molecule has 8 heteroatoms. The molecule has 1 N–H and O–H groups in total. The molecular formula is C25H19BrN4O3. The second-order valence-electron chi connectivity index (χ2n) is 7.28. The molecule has 0 atom stereocenters. The van der Waals surface area contributed by atoms with Crippen LogP contribution in [0.3, 0.4) is 0 Å². The Labute approximate surface area is 198 Å². The molecule has 1 amide bonds. The second-order valence-corrected chi connectivity index (χ2v) is 8.19. The van der Waals surface area contributed by atoms with E-state index in [2.05, 4.69) is 26.5 Å². The number of amides is 1. The quantitative estimate of drug-likeness (QED) is 0.313. The monoisotopic (exact) mass is 502 g/mol. The summed E-state index contributed by atoms with van der Waals surface area (Å²) >= 11 is 3.37. The lowest BCUT2D eigenvalue weighted by atomic mass is 10.1. The molecule has 1 aromatic heterocycles. The van der Waals surface area contributed by atoms with E-state index >= 15 is 0 Å². The van der Waals surface area contributed by atoms with Crippen molar-refractivity contribution in [3.63, 3.8) is 0 Å². The van der Waals surface area contributed by atoms with E-state index in [1.807, 2.05) is 66.9 Å². The number of fused-ring (bicyclic) bond motifs is 1. The number of carbonyl (C=O) groups is 1. The van der Waals surface area contributed by atoms with Gasteiger partial charge in [0.1, 0.15) is 18.9 Å². The van der Waals surface area contributed by atoms with Crippen molar-refractivity contribution in [2.24, 2.45) is 5.10 Å². The van der Waals surface area contributed by atoms with Crippen molar-refractivity contribution in [1.29, 1.82) is 0 Å². The molecular weight excluding hydrogens is 484 g/mol. The molecule has 164 valence electrons. The first-order valence-corrected chi connectivity index (χ1v) is 11.1. The molecule has 0 aliphatic carbocycles. The molecule has 0 radical (unpaired) electrons. The lowest BCUT2D eigenvalue weighted by molar-refractivity contribution is 0.0955. The molecule has 0 fully saturated rings. The summed E-state index contributed by atoms with van der Waals surface area (Å²) < 4.78 is 14.1. The van der Waals surface area contributed by atoms with Crippen LogP contribution in [0.25, 0.3) is 16.9 Å². The Morgan fingerprint density at radius 1 is 1.00 bits per heavy atom. The van der Waals surface area contributed by atoms with Crippen molar-refractivity contribution in [1.82, 2.24) is 15.2 Å². The van der Waals surface area contributed by atoms with Gasteiger partial charge in [0.15, 0.2) is 11.5 Å². The number of ether oxygens (including phenoxy) is 2. The van der Waals surface area contributed by atoms with Crippen LogP contribution in [0.1, 0.15) is 15.9 Å². The Morgan fingerprint density at radius 3 is 2.55 bits per heavy atom. The lowest BCUT2D eigenvalue weighted by Gasteiger charge is -2.18. The third-order valence-corrected chi connectivity index (χ3v) is 5.58. The van der Waals surface area contributed by atoms with Gasteiger partial charge in [-0.2, -0.15) is 10.2 Å². The molecule has 5 rings (SSSR count). The molecule has 1 aliphatic heterocycles. The smallest absolute Gasteiger partial charge is 0.271 e. The summed E-state index contributed by atoms with van der Waals surface area (Å²) in [6, 6.07) is 22.6. The first-order valence-electron chi connectivity index (χ1n) is 10.3. The maximum Gasteiger partial charge on any atom is 0.271 e. The topological polar surface area (TPSA) is 77.7 Å². The first-order chi connectivity index (χ1) is 16.2. The summed E-state index contributed by atoms with van der Waals surface area (Å²) in [7, 11) is 0. The summed E-state index contributed by atoms with van der Waals surface area (Å²) in [6.45, 7) is 1.04. The van der Waals surface area contributed by atoms with Crippen LogP contribution in [-0.2, 0) is 0 Å². The number of hydrogen-bond acceptors (Lipinski definition) is 5. The zero-order valence-electron chi connectivity index (χ0n) is 17.4. The van der Waals surface area contributed by atoms with Crippen LogP contribution in [0.2, 0.25) is 0 Å². The van der Waals surface area contributed by atoms with E-state index in [1.54, 1.807) is 23.0 Å². The summed E-state index contributed by atoms with van der Waals surface area (Å²) in [5.74, 6) is 1.10. The normalized spacial score (nSPS) is 12.6. The van der Waals surface area contributed by atoms with Gasteiger partial charge in [0, 0.05) is 27.4 Å². The predicted molar refractivity (Wildman–Crippen MR) is 129 cm³/mol. The molecule has 0 unspecified atom stereocenters. The predicted octanol–water partition coefficient (Wildman–Crippen LogP) is 4.84. The summed E-state index contributed by atoms with van der Waals surface area (Å²) in [4.78, 5) is 12.4. The van der Waals surface area contributed by atoms with Crippen LogP contribution in [0.5, 0.6) is 11.5 Å². The molecule has 1 aliphatic rings. The number of benzene rings is 3. The minimum absolute atomic E-state index is 0.296. The lowest BCUT2D eigenvalue weighted by Crippen LogP contribution is -2.17. The van der Waals surface area contributed by atoms with Crippen LogP contribution < -0.4 is 14.9 Å². The van der Waals surface area contributed by atoms with E-state index in [0.717, 1.165) is 21.3 Å². The van der Waals surface area contributed by atoms with E-state index in [4.69, 9.17) is 14.6 Å². The molecule has 4 aromatic rings. The van der Waals surface area contributed by atoms with E-state index in [9.17, 15) is 4.79 Å². The van der Waals surface area contributed by atoms with Gasteiger partial charge in [-0.05, 0) is 54.6 Å². The minimum atomic E-state index is -0.296. The van der Waals surface area contributed by atoms with Gasteiger partial charge < -0.3 is 9.47 Å². The fraction of sp³-hybridized carbons (Fsp3) is 0.0800. The van der Waals surface area contributed by atoms with E-state index in [0.29, 0.717) is 36.0 Å². The third kappa shape index (κ3) is 4.65. The van der Waals surface area contributed by atoms with Gasteiger partial charge >= 0.3 is 0 Å². The number of carbonyl (C=O) groups excluding carboxylic acids is 1. The van der Waals surface area contributed by atoms with Crippen LogP contribution in [0.15, 0.2) is 88.6 Å². The average molecular weight is 503 g/mol. The molecule has 0 bridgehead atoms. The molecule has 0 saturated heterocycles. The molecule has 3 aromatic carbocycles. The number of nitrogens with one attached hydrogen (secondary N) is 1. The van der Waals surface area contributed by atoms with Crippen molar-refractivity contribution in [2.45, 2.75) is 0 Å². The van der Waals surface area contributed by atoms with Crippen LogP contribution >= 0.6 is 15.9 Å². The highest BCUT2D eigenvalue weighted by Gasteiger charge is 2.16. The van der Waals surface area contributed by atoms with Gasteiger partial charge in [-0.15, -0.1) is 0 Å². The van der Waals surface area contributed by atoms with E-state index in [-0.39, 0.29) is 5.91 Å². The Kier molecular flexibility index (Phi) is 5.91. The minimum Gasteiger partial charge on any atom is -0.486 e. The number of halogens is 1. The van der Waals surface area contributed by atoms with Crippen molar-refractivity contribution >= 4 is 28.1 Å². The molecule has 2 heterocycles. The number of nitrogens with zero attached hydrogens (tertiary/aromatic N) is 3. The first kappa shape index (κ1) is 21.0. The van der Waals surface area contributed by atoms with Crippen molar-refractivity contribution < 1.29 is 14.3 Å². The van der Waals surface area contributed by atoms with E-state index < -0.39 is 0 Å². The summed E-state index contributed by atoms with van der Waals surface area (Å²) in [6.07, 6.45) is 3.46. The molecule has 0 saturated carbocycles. The van der Waals surface area contributed by atoms with Crippen LogP contribution in [0, 0.1) is 0 Å². The molecule has 0 spiro atoms. The van der Waals surface area contributed by atoms with Gasteiger partial charge in [0.05, 0.1) is 11.9 Å². The van der Waals surface area contributed by atoms with Gasteiger partial charge in [-0.25, -0.2) is 10.1 Å². The maximum absolute atomic E-state index is 12.4. The largest absolute Gasteiger partial charge is 0.486 e. The number of hydrogen-bond donors (Lipinski definition) is 1. The van der Waals surface area contributed by atoms with Crippen molar-refractivity contribution in [3.8, 4) is 28.4 Å². The number of para-hydroxylation sites is 1. The number of hydrazone groups is 1. The van der Waals surface area contributed by atoms with Crippen molar-refractivity contribution in [3.05, 3.63) is 94.6 Å². The Balaban J connectivity index is 1.46. The number of rotatable bonds is 5. The highest BCUT2D eigenvalue weighted by molar-refractivity contribution is 9.10. The van der Waals surface area contributed by atoms with E-state index in [1.165, 1.54) is 0 Å². The van der Waals surface area contributed by atoms with Gasteiger partial charge in [0.25, 0.3) is 5.91 Å². The van der Waals surface area contributed by atoms with Crippen LogP contribution in [0.4, 0.5) is 0 Å². The van der Waals surface area contributed by atoms with Gasteiger partial charge in [0.2, 0.25) is 0 Å². The van der Waals surface area contributed by atoms with Gasteiger partial charge in [-0.3, -0.25) is 4.79 Å². The molecule has 7 nitrogen and oxygen atoms in total. The third-order valence-electron chi connectivity index (χ3n) is 5.06. The molecule has 33 heavy (non-hydrogen) atoms. The zero-order chi connectivity index (χ0) is 22.6. The number of aromatic nitrogens is 2. The summed E-state index contributed by atoms with van der Waals surface area (Å²) in [5, 5.41) is 8.95. The van der Waals surface area contributed by atoms with Gasteiger partial charge in [-0.1, -0.05) is 34.1 Å². The Bertz CT molecular complexity index is 1320. The maximum atomic E-state index is 12.4. The standard InChI is InChI=1S/C25H19BrN4O3/c26-20-9-6-17(7-10-20)25(31)28-27-15-19-16-30(21-4-2-1-3-5-21)29-24(19)18-8-11-22-23(14-18)33-13-12-32-22/h1-11,14-16H,12-13H2,(H,28,31)/b27-15+. The average Bonchev–Trinajstić information content (AvgIpc) is 3.29. The van der Waals surface area contributed by atoms with Crippen molar-refractivity contribution in [2.75, 3.05) is 13.2 Å². The highest BCUT2D eigenvalue weighted by atomic mass is 79.9. The Hall–Kier alpha value is -3.91. The summed E-state index contributed by atoms with van der Waals surface area (Å²) in [5.41, 5.74) is 6.31. The SMILES string of the molecule is O=C(N/N=C/c1cn(-c2ccccc2)nc1-c1ccc2c(c1)OCCO2)c1ccc(Br)cc1. The Morgan fingerprint density at radius 2 is 1.76 bits per heavy atom.